The van der Waals surface area contributed by atoms with E-state index in [1.165, 1.54) is 0 Å². The van der Waals surface area contributed by atoms with E-state index in [0.29, 0.717) is 28.3 Å². The van der Waals surface area contributed by atoms with Crippen molar-refractivity contribution in [2.45, 2.75) is 26.4 Å². The SMILES string of the molecule is COc1ccc(C(=O)Nc2ccccc2C(=O)NCc2ccc(NC(=O)NC(C)C)cc2)cc1. The van der Waals surface area contributed by atoms with Crippen molar-refractivity contribution in [3.8, 4) is 5.75 Å². The van der Waals surface area contributed by atoms with Crippen molar-refractivity contribution in [3.05, 3.63) is 89.5 Å². The summed E-state index contributed by atoms with van der Waals surface area (Å²) in [6, 6.07) is 20.5. The van der Waals surface area contributed by atoms with Gasteiger partial charge < -0.3 is 26.0 Å². The van der Waals surface area contributed by atoms with E-state index in [1.807, 2.05) is 26.0 Å². The number of para-hydroxylation sites is 1. The molecule has 0 aliphatic heterocycles. The van der Waals surface area contributed by atoms with Crippen molar-refractivity contribution in [2.75, 3.05) is 17.7 Å². The summed E-state index contributed by atoms with van der Waals surface area (Å²) in [5.74, 6) is 0.00982. The molecule has 0 radical (unpaired) electrons. The summed E-state index contributed by atoms with van der Waals surface area (Å²) in [6.45, 7) is 4.06. The average molecular weight is 461 g/mol. The zero-order chi connectivity index (χ0) is 24.5. The van der Waals surface area contributed by atoms with Crippen molar-refractivity contribution < 1.29 is 19.1 Å². The first-order valence-corrected chi connectivity index (χ1v) is 10.8. The quantitative estimate of drug-likeness (QED) is 0.399. The Kier molecular flexibility index (Phi) is 8.23. The van der Waals surface area contributed by atoms with Crippen molar-refractivity contribution in [2.24, 2.45) is 0 Å². The van der Waals surface area contributed by atoms with Crippen LogP contribution in [0.25, 0.3) is 0 Å². The van der Waals surface area contributed by atoms with Crippen LogP contribution >= 0.6 is 0 Å². The highest BCUT2D eigenvalue weighted by Crippen LogP contribution is 2.18. The van der Waals surface area contributed by atoms with Gasteiger partial charge in [0.05, 0.1) is 18.4 Å². The lowest BCUT2D eigenvalue weighted by atomic mass is 10.1. The molecule has 0 fully saturated rings. The summed E-state index contributed by atoms with van der Waals surface area (Å²) in [5.41, 5.74) is 2.74. The van der Waals surface area contributed by atoms with Crippen LogP contribution in [0.5, 0.6) is 5.75 Å². The molecule has 0 aliphatic carbocycles. The van der Waals surface area contributed by atoms with Crippen LogP contribution in [0.2, 0.25) is 0 Å². The summed E-state index contributed by atoms with van der Waals surface area (Å²) in [5, 5.41) is 11.2. The van der Waals surface area contributed by atoms with Crippen molar-refractivity contribution in [1.29, 1.82) is 0 Å². The Hall–Kier alpha value is -4.33. The molecular weight excluding hydrogens is 432 g/mol. The molecular formula is C26H28N4O4. The number of carbonyl (C=O) groups excluding carboxylic acids is 3. The van der Waals surface area contributed by atoms with Gasteiger partial charge in [0.25, 0.3) is 11.8 Å². The van der Waals surface area contributed by atoms with Gasteiger partial charge in [0.2, 0.25) is 0 Å². The van der Waals surface area contributed by atoms with E-state index in [1.54, 1.807) is 67.8 Å². The maximum absolute atomic E-state index is 12.8. The highest BCUT2D eigenvalue weighted by molar-refractivity contribution is 6.09. The van der Waals surface area contributed by atoms with Gasteiger partial charge in [-0.1, -0.05) is 24.3 Å². The largest absolute Gasteiger partial charge is 0.497 e. The van der Waals surface area contributed by atoms with Crippen LogP contribution in [0, 0.1) is 0 Å². The van der Waals surface area contributed by atoms with Gasteiger partial charge >= 0.3 is 6.03 Å². The lowest BCUT2D eigenvalue weighted by molar-refractivity contribution is 0.0951. The van der Waals surface area contributed by atoms with Gasteiger partial charge in [-0.2, -0.15) is 0 Å². The first-order chi connectivity index (χ1) is 16.4. The molecule has 0 atom stereocenters. The minimum absolute atomic E-state index is 0.0401. The van der Waals surface area contributed by atoms with Crippen molar-refractivity contribution in [1.82, 2.24) is 10.6 Å². The summed E-state index contributed by atoms with van der Waals surface area (Å²) >= 11 is 0. The van der Waals surface area contributed by atoms with E-state index in [0.717, 1.165) is 5.56 Å². The third-order valence-electron chi connectivity index (χ3n) is 4.86. The second kappa shape index (κ2) is 11.5. The van der Waals surface area contributed by atoms with Crippen LogP contribution in [0.15, 0.2) is 72.8 Å². The maximum Gasteiger partial charge on any atom is 0.319 e. The van der Waals surface area contributed by atoms with E-state index >= 15 is 0 Å². The smallest absolute Gasteiger partial charge is 0.319 e. The maximum atomic E-state index is 12.8. The van der Waals surface area contributed by atoms with Crippen LogP contribution in [-0.2, 0) is 6.54 Å². The molecule has 0 aromatic heterocycles. The Morgan fingerprint density at radius 1 is 0.824 bits per heavy atom. The third-order valence-corrected chi connectivity index (χ3v) is 4.86. The van der Waals surface area contributed by atoms with E-state index in [-0.39, 0.29) is 30.4 Å². The van der Waals surface area contributed by atoms with Crippen LogP contribution in [-0.4, -0.2) is 31.0 Å². The summed E-state index contributed by atoms with van der Waals surface area (Å²) in [6.07, 6.45) is 0. The van der Waals surface area contributed by atoms with Crippen LogP contribution < -0.4 is 26.0 Å². The van der Waals surface area contributed by atoms with Gasteiger partial charge in [0.15, 0.2) is 0 Å². The van der Waals surface area contributed by atoms with E-state index < -0.39 is 0 Å². The summed E-state index contributed by atoms with van der Waals surface area (Å²) in [4.78, 5) is 37.2. The molecule has 34 heavy (non-hydrogen) atoms. The van der Waals surface area contributed by atoms with E-state index in [9.17, 15) is 14.4 Å². The van der Waals surface area contributed by atoms with Gasteiger partial charge in [-0.3, -0.25) is 9.59 Å². The Morgan fingerprint density at radius 3 is 2.15 bits per heavy atom. The molecule has 3 rings (SSSR count). The number of amides is 4. The molecule has 0 heterocycles. The van der Waals surface area contributed by atoms with Crippen molar-refractivity contribution in [3.63, 3.8) is 0 Å². The van der Waals surface area contributed by atoms with Gasteiger partial charge in [-0.25, -0.2) is 4.79 Å². The van der Waals surface area contributed by atoms with Gasteiger partial charge in [-0.05, 0) is 67.9 Å². The normalized spacial score (nSPS) is 10.4. The van der Waals surface area contributed by atoms with Crippen LogP contribution in [0.3, 0.4) is 0 Å². The fourth-order valence-corrected chi connectivity index (χ4v) is 3.14. The molecule has 0 bridgehead atoms. The van der Waals surface area contributed by atoms with Crippen molar-refractivity contribution >= 4 is 29.2 Å². The monoisotopic (exact) mass is 460 g/mol. The average Bonchev–Trinajstić information content (AvgIpc) is 2.83. The second-order valence-electron chi connectivity index (χ2n) is 7.86. The highest BCUT2D eigenvalue weighted by Gasteiger charge is 2.14. The molecule has 3 aromatic rings. The molecule has 4 amide bonds. The number of nitrogens with one attached hydrogen (secondary N) is 4. The minimum atomic E-state index is -0.326. The predicted octanol–water partition coefficient (Wildman–Crippen LogP) is 4.41. The molecule has 4 N–H and O–H groups in total. The summed E-state index contributed by atoms with van der Waals surface area (Å²) < 4.78 is 5.11. The number of methoxy groups -OCH3 is 1. The molecule has 0 saturated carbocycles. The first-order valence-electron chi connectivity index (χ1n) is 10.8. The van der Waals surface area contributed by atoms with Gasteiger partial charge in [-0.15, -0.1) is 0 Å². The second-order valence-corrected chi connectivity index (χ2v) is 7.86. The summed E-state index contributed by atoms with van der Waals surface area (Å²) in [7, 11) is 1.56. The Morgan fingerprint density at radius 2 is 1.50 bits per heavy atom. The molecule has 0 saturated heterocycles. The number of rotatable bonds is 8. The van der Waals surface area contributed by atoms with E-state index in [2.05, 4.69) is 21.3 Å². The molecule has 8 heteroatoms. The van der Waals surface area contributed by atoms with Crippen LogP contribution in [0.1, 0.15) is 40.1 Å². The van der Waals surface area contributed by atoms with E-state index in [4.69, 9.17) is 4.74 Å². The number of carbonyl (C=O) groups is 3. The van der Waals surface area contributed by atoms with Gasteiger partial charge in [0.1, 0.15) is 5.75 Å². The topological polar surface area (TPSA) is 109 Å². The van der Waals surface area contributed by atoms with Gasteiger partial charge in [0, 0.05) is 23.8 Å². The number of hydrogen-bond acceptors (Lipinski definition) is 4. The first kappa shape index (κ1) is 24.3. The standard InChI is InChI=1S/C26H28N4O4/c1-17(2)28-26(33)29-20-12-8-18(9-13-20)16-27-25(32)22-6-4-5-7-23(22)30-24(31)19-10-14-21(34-3)15-11-19/h4-15,17H,16H2,1-3H3,(H,27,32)(H,30,31)(H2,28,29,33). The number of anilines is 2. The fraction of sp³-hybridized carbons (Fsp3) is 0.192. The lowest BCUT2D eigenvalue weighted by Crippen LogP contribution is -2.34. The minimum Gasteiger partial charge on any atom is -0.497 e. The Balaban J connectivity index is 1.60. The number of ether oxygens (including phenoxy) is 1. The molecule has 3 aromatic carbocycles. The number of hydrogen-bond donors (Lipinski definition) is 4. The number of urea groups is 1. The third kappa shape index (κ3) is 6.83. The molecule has 0 unspecified atom stereocenters. The highest BCUT2D eigenvalue weighted by atomic mass is 16.5. The molecule has 8 nitrogen and oxygen atoms in total. The molecule has 0 aliphatic rings. The Bertz CT molecular complexity index is 1140. The fourth-order valence-electron chi connectivity index (χ4n) is 3.14. The molecule has 176 valence electrons. The zero-order valence-electron chi connectivity index (χ0n) is 19.3. The zero-order valence-corrected chi connectivity index (χ0v) is 19.3. The predicted molar refractivity (Wildman–Crippen MR) is 132 cm³/mol. The van der Waals surface area contributed by atoms with Crippen LogP contribution in [0.4, 0.5) is 16.2 Å². The Labute approximate surface area is 198 Å². The molecule has 0 spiro atoms. The number of benzene rings is 3. The lowest BCUT2D eigenvalue weighted by Gasteiger charge is -2.12.